The minimum atomic E-state index is -0.432. The minimum Gasteiger partial charge on any atom is -0.487 e. The molecule has 0 radical (unpaired) electrons. The lowest BCUT2D eigenvalue weighted by Crippen LogP contribution is -2.22. The van der Waals surface area contributed by atoms with Crippen molar-refractivity contribution in [1.82, 2.24) is 4.98 Å². The Morgan fingerprint density at radius 3 is 2.52 bits per heavy atom. The molecular formula is C25H28FN3O4. The molecule has 0 unspecified atom stereocenters. The lowest BCUT2D eigenvalue weighted by molar-refractivity contribution is -0.107. The molecule has 0 aliphatic heterocycles. The molecule has 174 valence electrons. The summed E-state index contributed by atoms with van der Waals surface area (Å²) in [7, 11) is 2.77. The van der Waals surface area contributed by atoms with E-state index < -0.39 is 5.82 Å². The number of nitrogens with one attached hydrogen (secondary N) is 1. The molecule has 3 aromatic rings. The van der Waals surface area contributed by atoms with Crippen LogP contribution in [0.15, 0.2) is 48.7 Å². The number of aliphatic hydroxyl groups excluding tert-OH is 1. The van der Waals surface area contributed by atoms with Gasteiger partial charge in [0, 0.05) is 37.7 Å². The van der Waals surface area contributed by atoms with Gasteiger partial charge in [-0.3, -0.25) is 14.6 Å². The van der Waals surface area contributed by atoms with E-state index in [2.05, 4.69) is 10.3 Å². The maximum Gasteiger partial charge on any atom is 0.214 e. The number of halogens is 1. The van der Waals surface area contributed by atoms with Gasteiger partial charge < -0.3 is 20.1 Å². The van der Waals surface area contributed by atoms with Gasteiger partial charge in [-0.2, -0.15) is 0 Å². The maximum atomic E-state index is 13.8. The molecule has 0 spiro atoms. The Balaban J connectivity index is 0.00000187. The van der Waals surface area contributed by atoms with Gasteiger partial charge >= 0.3 is 0 Å². The van der Waals surface area contributed by atoms with E-state index in [1.54, 1.807) is 36.2 Å². The van der Waals surface area contributed by atoms with Gasteiger partial charge in [0.05, 0.1) is 12.2 Å². The third-order valence-corrected chi connectivity index (χ3v) is 5.06. The predicted octanol–water partition coefficient (Wildman–Crippen LogP) is 4.04. The van der Waals surface area contributed by atoms with E-state index in [1.165, 1.54) is 18.3 Å². The number of rotatable bonds is 9. The highest BCUT2D eigenvalue weighted by Crippen LogP contribution is 2.30. The van der Waals surface area contributed by atoms with Crippen LogP contribution in [0.1, 0.15) is 32.7 Å². The molecule has 0 bridgehead atoms. The number of ether oxygens (including phenoxy) is 1. The van der Waals surface area contributed by atoms with Crippen molar-refractivity contribution in [2.75, 3.05) is 24.4 Å². The number of aromatic nitrogens is 1. The van der Waals surface area contributed by atoms with Crippen LogP contribution >= 0.6 is 0 Å². The summed E-state index contributed by atoms with van der Waals surface area (Å²) >= 11 is 0. The second kappa shape index (κ2) is 12.3. The van der Waals surface area contributed by atoms with E-state index in [4.69, 9.17) is 9.84 Å². The number of carbonyl (C=O) groups is 2. The maximum absolute atomic E-state index is 13.8. The zero-order chi connectivity index (χ0) is 24.4. The van der Waals surface area contributed by atoms with E-state index in [1.807, 2.05) is 19.9 Å². The second-order valence-electron chi connectivity index (χ2n) is 7.13. The second-order valence-corrected chi connectivity index (χ2v) is 7.13. The average Bonchev–Trinajstić information content (AvgIpc) is 2.84. The van der Waals surface area contributed by atoms with Gasteiger partial charge in [-0.15, -0.1) is 0 Å². The first-order valence-corrected chi connectivity index (χ1v) is 10.2. The van der Waals surface area contributed by atoms with Crippen LogP contribution in [0.4, 0.5) is 15.8 Å². The van der Waals surface area contributed by atoms with Crippen molar-refractivity contribution >= 4 is 24.1 Å². The van der Waals surface area contributed by atoms with Crippen molar-refractivity contribution in [3.05, 3.63) is 82.4 Å². The summed E-state index contributed by atoms with van der Waals surface area (Å²) in [6.07, 6.45) is 3.07. The van der Waals surface area contributed by atoms with Gasteiger partial charge in [0.2, 0.25) is 6.41 Å². The number of hydrogen-bond acceptors (Lipinski definition) is 6. The zero-order valence-electron chi connectivity index (χ0n) is 19.1. The SMILES string of the molecule is CNc1cc(C=O)cc(C)c1CN(C=O)c1cc(OCc2ncccc2F)ccc1C.CO. The summed E-state index contributed by atoms with van der Waals surface area (Å²) in [5.41, 5.74) is 4.92. The fourth-order valence-corrected chi connectivity index (χ4v) is 3.36. The number of anilines is 2. The molecule has 1 aromatic heterocycles. The molecule has 33 heavy (non-hydrogen) atoms. The highest BCUT2D eigenvalue weighted by atomic mass is 19.1. The van der Waals surface area contributed by atoms with E-state index >= 15 is 0 Å². The number of aryl methyl sites for hydroxylation is 2. The van der Waals surface area contributed by atoms with Crippen LogP contribution in [0, 0.1) is 19.7 Å². The van der Waals surface area contributed by atoms with Gasteiger partial charge in [0.1, 0.15) is 30.2 Å². The molecule has 0 aliphatic carbocycles. The molecular weight excluding hydrogens is 425 g/mol. The van der Waals surface area contributed by atoms with Crippen molar-refractivity contribution in [3.8, 4) is 5.75 Å². The first-order chi connectivity index (χ1) is 16.0. The van der Waals surface area contributed by atoms with Crippen LogP contribution in [0.5, 0.6) is 5.75 Å². The molecule has 2 N–H and O–H groups in total. The highest BCUT2D eigenvalue weighted by molar-refractivity contribution is 5.81. The molecule has 2 aromatic carbocycles. The summed E-state index contributed by atoms with van der Waals surface area (Å²) in [6.45, 7) is 4.09. The first kappa shape index (κ1) is 25.5. The minimum absolute atomic E-state index is 0.0214. The fourth-order valence-electron chi connectivity index (χ4n) is 3.36. The molecule has 1 amide bonds. The molecule has 0 saturated carbocycles. The topological polar surface area (TPSA) is 91.8 Å². The number of nitrogens with zero attached hydrogens (tertiary/aromatic N) is 2. The average molecular weight is 454 g/mol. The Labute approximate surface area is 192 Å². The quantitative estimate of drug-likeness (QED) is 0.475. The highest BCUT2D eigenvalue weighted by Gasteiger charge is 2.16. The van der Waals surface area contributed by atoms with Crippen LogP contribution in [0.3, 0.4) is 0 Å². The monoisotopic (exact) mass is 453 g/mol. The van der Waals surface area contributed by atoms with Crippen LogP contribution in [0.2, 0.25) is 0 Å². The Morgan fingerprint density at radius 1 is 1.12 bits per heavy atom. The largest absolute Gasteiger partial charge is 0.487 e. The lowest BCUT2D eigenvalue weighted by Gasteiger charge is -2.23. The third-order valence-electron chi connectivity index (χ3n) is 5.06. The normalized spacial score (nSPS) is 10.0. The van der Waals surface area contributed by atoms with Crippen molar-refractivity contribution in [3.63, 3.8) is 0 Å². The molecule has 8 heteroatoms. The van der Waals surface area contributed by atoms with Gasteiger partial charge in [0.25, 0.3) is 0 Å². The third kappa shape index (κ3) is 6.36. The Hall–Kier alpha value is -3.78. The van der Waals surface area contributed by atoms with Crippen LogP contribution in [-0.4, -0.2) is 36.9 Å². The lowest BCUT2D eigenvalue weighted by atomic mass is 10.0. The van der Waals surface area contributed by atoms with E-state index in [-0.39, 0.29) is 12.3 Å². The predicted molar refractivity (Wildman–Crippen MR) is 126 cm³/mol. The first-order valence-electron chi connectivity index (χ1n) is 10.2. The van der Waals surface area contributed by atoms with Crippen molar-refractivity contribution < 1.29 is 23.8 Å². The van der Waals surface area contributed by atoms with Gasteiger partial charge in [-0.25, -0.2) is 4.39 Å². The molecule has 1 heterocycles. The molecule has 0 aliphatic rings. The Kier molecular flexibility index (Phi) is 9.50. The fraction of sp³-hybridized carbons (Fsp3) is 0.240. The summed E-state index contributed by atoms with van der Waals surface area (Å²) in [6, 6.07) is 11.8. The van der Waals surface area contributed by atoms with Crippen LogP contribution in [-0.2, 0) is 17.9 Å². The summed E-state index contributed by atoms with van der Waals surface area (Å²) in [5.74, 6) is 0.0672. The number of hydrogen-bond donors (Lipinski definition) is 2. The smallest absolute Gasteiger partial charge is 0.214 e. The molecule has 0 atom stereocenters. The molecule has 3 rings (SSSR count). The van der Waals surface area contributed by atoms with Crippen LogP contribution in [0.25, 0.3) is 0 Å². The summed E-state index contributed by atoms with van der Waals surface area (Å²) in [4.78, 5) is 28.7. The van der Waals surface area contributed by atoms with Crippen molar-refractivity contribution in [2.45, 2.75) is 27.0 Å². The van der Waals surface area contributed by atoms with E-state index in [0.29, 0.717) is 23.5 Å². The van der Waals surface area contributed by atoms with E-state index in [9.17, 15) is 14.0 Å². The molecule has 7 nitrogen and oxygen atoms in total. The summed E-state index contributed by atoms with van der Waals surface area (Å²) in [5, 5.41) is 10.1. The number of aliphatic hydroxyl groups is 1. The van der Waals surface area contributed by atoms with Gasteiger partial charge in [-0.1, -0.05) is 6.07 Å². The van der Waals surface area contributed by atoms with Crippen molar-refractivity contribution in [2.24, 2.45) is 0 Å². The number of amides is 1. The Morgan fingerprint density at radius 2 is 1.88 bits per heavy atom. The zero-order valence-corrected chi connectivity index (χ0v) is 19.1. The van der Waals surface area contributed by atoms with Gasteiger partial charge in [0.15, 0.2) is 0 Å². The number of pyridine rings is 1. The summed E-state index contributed by atoms with van der Waals surface area (Å²) < 4.78 is 19.5. The number of carbonyl (C=O) groups excluding carboxylic acids is 2. The number of benzene rings is 2. The van der Waals surface area contributed by atoms with E-state index in [0.717, 1.165) is 42.2 Å². The number of aldehydes is 1. The Bertz CT molecular complexity index is 1110. The van der Waals surface area contributed by atoms with Gasteiger partial charge in [-0.05, 0) is 60.9 Å². The van der Waals surface area contributed by atoms with Crippen molar-refractivity contribution in [1.29, 1.82) is 0 Å². The molecule has 0 saturated heterocycles. The standard InChI is InChI=1S/C24H24FN3O3.CH4O/c1-16-6-7-19(31-14-23-21(25)5-4-8-27-23)11-24(16)28(15-30)12-20-17(2)9-18(13-29)10-22(20)26-3;1-2/h4-11,13,15,26H,12,14H2,1-3H3;2H,1H3. The molecule has 0 fully saturated rings. The van der Waals surface area contributed by atoms with Crippen LogP contribution < -0.4 is 15.0 Å².